The highest BCUT2D eigenvalue weighted by Gasteiger charge is 2.14. The maximum absolute atomic E-state index is 10.1. The van der Waals surface area contributed by atoms with Gasteiger partial charge in [-0.1, -0.05) is 0 Å². The highest BCUT2D eigenvalue weighted by molar-refractivity contribution is 5.98. The van der Waals surface area contributed by atoms with Crippen LogP contribution in [0.4, 0.5) is 0 Å². The molecule has 2 N–H and O–H groups in total. The standard InChI is InChI=1S/C5H10O5Si/c6-4(7)1-3(10-11)2-5(8)9/h3H,1-2H2,11H3,(H,6,7)(H,8,9). The summed E-state index contributed by atoms with van der Waals surface area (Å²) in [6, 6.07) is 0. The van der Waals surface area contributed by atoms with E-state index in [0.717, 1.165) is 0 Å². The van der Waals surface area contributed by atoms with Crippen LogP contribution in [0.3, 0.4) is 0 Å². The van der Waals surface area contributed by atoms with E-state index in [9.17, 15) is 9.59 Å². The van der Waals surface area contributed by atoms with Gasteiger partial charge >= 0.3 is 11.9 Å². The number of carbonyl (C=O) groups is 2. The first kappa shape index (κ1) is 10.1. The molecule has 5 nitrogen and oxygen atoms in total. The number of carboxylic acid groups (broad SMARTS) is 2. The molecule has 0 heterocycles. The van der Waals surface area contributed by atoms with Gasteiger partial charge in [-0.2, -0.15) is 0 Å². The number of rotatable bonds is 5. The Kier molecular flexibility index (Phi) is 4.47. The largest absolute Gasteiger partial charge is 0.481 e. The molecule has 0 radical (unpaired) electrons. The van der Waals surface area contributed by atoms with Crippen LogP contribution in [0.5, 0.6) is 0 Å². The van der Waals surface area contributed by atoms with Gasteiger partial charge in [-0.25, -0.2) is 0 Å². The van der Waals surface area contributed by atoms with Crippen LogP contribution in [-0.2, 0) is 14.0 Å². The van der Waals surface area contributed by atoms with E-state index in [-0.39, 0.29) is 12.8 Å². The molecule has 0 aromatic carbocycles. The third-order valence-corrected chi connectivity index (χ3v) is 1.80. The van der Waals surface area contributed by atoms with Gasteiger partial charge in [0.15, 0.2) is 0 Å². The minimum Gasteiger partial charge on any atom is -0.481 e. The zero-order valence-electron chi connectivity index (χ0n) is 6.11. The minimum absolute atomic E-state index is 0.240. The molecule has 0 atom stereocenters. The summed E-state index contributed by atoms with van der Waals surface area (Å²) < 4.78 is 4.75. The second-order valence-electron chi connectivity index (χ2n) is 2.05. The van der Waals surface area contributed by atoms with Crippen molar-refractivity contribution in [2.45, 2.75) is 18.9 Å². The summed E-state index contributed by atoms with van der Waals surface area (Å²) in [5, 5.41) is 16.5. The molecule has 6 heteroatoms. The van der Waals surface area contributed by atoms with Gasteiger partial charge < -0.3 is 14.6 Å². The Morgan fingerprint density at radius 3 is 1.82 bits per heavy atom. The zero-order valence-corrected chi connectivity index (χ0v) is 8.11. The predicted octanol–water partition coefficient (Wildman–Crippen LogP) is -1.40. The van der Waals surface area contributed by atoms with E-state index in [1.54, 1.807) is 0 Å². The van der Waals surface area contributed by atoms with Crippen LogP contribution in [0, 0.1) is 0 Å². The van der Waals surface area contributed by atoms with Crippen LogP contribution >= 0.6 is 0 Å². The van der Waals surface area contributed by atoms with E-state index in [1.165, 1.54) is 0 Å². The molecular formula is C5H10O5Si. The molecule has 0 aromatic heterocycles. The summed E-state index contributed by atoms with van der Waals surface area (Å²) in [4.78, 5) is 20.2. The Labute approximate surface area is 66.5 Å². The fourth-order valence-electron chi connectivity index (χ4n) is 0.628. The summed E-state index contributed by atoms with van der Waals surface area (Å²) in [6.45, 7) is 0. The normalized spacial score (nSPS) is 10.3. The topological polar surface area (TPSA) is 83.8 Å². The first-order valence-corrected chi connectivity index (χ1v) is 3.84. The SMILES string of the molecule is O=C(O)CC(CC(=O)O)O[SiH3]. The third-order valence-electron chi connectivity index (χ3n) is 1.14. The fourth-order valence-corrected chi connectivity index (χ4v) is 0.962. The lowest BCUT2D eigenvalue weighted by Crippen LogP contribution is -2.20. The molecule has 0 saturated heterocycles. The van der Waals surface area contributed by atoms with Crippen LogP contribution in [-0.4, -0.2) is 38.7 Å². The summed E-state index contributed by atoms with van der Waals surface area (Å²) >= 11 is 0. The number of carboxylic acids is 2. The molecule has 64 valence electrons. The average Bonchev–Trinajstić information content (AvgIpc) is 1.84. The van der Waals surface area contributed by atoms with Gasteiger partial charge in [0, 0.05) is 0 Å². The van der Waals surface area contributed by atoms with Gasteiger partial charge in [0.25, 0.3) is 0 Å². The predicted molar refractivity (Wildman–Crippen MR) is 39.3 cm³/mol. The maximum atomic E-state index is 10.1. The summed E-state index contributed by atoms with van der Waals surface area (Å²) in [7, 11) is 0.356. The van der Waals surface area contributed by atoms with Gasteiger partial charge in [-0.05, 0) is 0 Å². The lowest BCUT2D eigenvalue weighted by Gasteiger charge is -2.09. The van der Waals surface area contributed by atoms with Crippen molar-refractivity contribution in [2.75, 3.05) is 0 Å². The van der Waals surface area contributed by atoms with Gasteiger partial charge in [0.1, 0.15) is 10.5 Å². The van der Waals surface area contributed by atoms with Gasteiger partial charge in [-0.3, -0.25) is 9.59 Å². The van der Waals surface area contributed by atoms with Crippen LogP contribution < -0.4 is 0 Å². The third kappa shape index (κ3) is 5.56. The van der Waals surface area contributed by atoms with Crippen molar-refractivity contribution >= 4 is 22.4 Å². The van der Waals surface area contributed by atoms with Crippen LogP contribution in [0.1, 0.15) is 12.8 Å². The highest BCUT2D eigenvalue weighted by atomic mass is 28.2. The van der Waals surface area contributed by atoms with Crippen molar-refractivity contribution in [1.82, 2.24) is 0 Å². The minimum atomic E-state index is -1.04. The van der Waals surface area contributed by atoms with E-state index in [2.05, 4.69) is 0 Å². The highest BCUT2D eigenvalue weighted by Crippen LogP contribution is 2.01. The molecule has 0 fully saturated rings. The first-order valence-electron chi connectivity index (χ1n) is 3.02. The molecule has 0 unspecified atom stereocenters. The number of aliphatic carboxylic acids is 2. The van der Waals surface area contributed by atoms with E-state index in [1.807, 2.05) is 0 Å². The molecule has 0 bridgehead atoms. The summed E-state index contributed by atoms with van der Waals surface area (Å²) in [5.41, 5.74) is 0. The Morgan fingerprint density at radius 2 is 1.64 bits per heavy atom. The average molecular weight is 178 g/mol. The Morgan fingerprint density at radius 1 is 1.27 bits per heavy atom. The van der Waals surface area contributed by atoms with Crippen molar-refractivity contribution in [2.24, 2.45) is 0 Å². The van der Waals surface area contributed by atoms with Gasteiger partial charge in [0.05, 0.1) is 18.9 Å². The molecule has 0 aromatic rings. The van der Waals surface area contributed by atoms with Crippen LogP contribution in [0.25, 0.3) is 0 Å². The zero-order chi connectivity index (χ0) is 8.85. The molecule has 0 rings (SSSR count). The van der Waals surface area contributed by atoms with Crippen LogP contribution in [0.15, 0.2) is 0 Å². The maximum Gasteiger partial charge on any atom is 0.305 e. The molecular weight excluding hydrogens is 168 g/mol. The fraction of sp³-hybridized carbons (Fsp3) is 0.600. The van der Waals surface area contributed by atoms with Crippen LogP contribution in [0.2, 0.25) is 0 Å². The Balaban J connectivity index is 3.76. The van der Waals surface area contributed by atoms with Crippen molar-refractivity contribution in [3.63, 3.8) is 0 Å². The van der Waals surface area contributed by atoms with Crippen molar-refractivity contribution < 1.29 is 24.2 Å². The number of hydrogen-bond donors (Lipinski definition) is 2. The smallest absolute Gasteiger partial charge is 0.305 e. The second-order valence-corrected chi connectivity index (χ2v) is 2.52. The Hall–Kier alpha value is -0.883. The van der Waals surface area contributed by atoms with Crippen molar-refractivity contribution in [3.8, 4) is 0 Å². The van der Waals surface area contributed by atoms with Gasteiger partial charge in [0.2, 0.25) is 0 Å². The molecule has 0 spiro atoms. The summed E-state index contributed by atoms with van der Waals surface area (Å²) in [6.07, 6.45) is -1.15. The lowest BCUT2D eigenvalue weighted by atomic mass is 10.2. The van der Waals surface area contributed by atoms with E-state index in [0.29, 0.717) is 10.5 Å². The number of hydrogen-bond acceptors (Lipinski definition) is 3. The molecule has 0 aliphatic heterocycles. The lowest BCUT2D eigenvalue weighted by molar-refractivity contribution is -0.141. The summed E-state index contributed by atoms with van der Waals surface area (Å²) in [5.74, 6) is -2.07. The quantitative estimate of drug-likeness (QED) is 0.506. The van der Waals surface area contributed by atoms with E-state index >= 15 is 0 Å². The molecule has 0 amide bonds. The van der Waals surface area contributed by atoms with Gasteiger partial charge in [-0.15, -0.1) is 0 Å². The van der Waals surface area contributed by atoms with Crippen molar-refractivity contribution in [1.29, 1.82) is 0 Å². The first-order chi connectivity index (χ1) is 5.06. The van der Waals surface area contributed by atoms with E-state index in [4.69, 9.17) is 14.6 Å². The molecule has 11 heavy (non-hydrogen) atoms. The Bertz CT molecular complexity index is 141. The molecule has 0 saturated carbocycles. The molecule has 0 aliphatic carbocycles. The van der Waals surface area contributed by atoms with E-state index < -0.39 is 18.0 Å². The monoisotopic (exact) mass is 178 g/mol. The van der Waals surface area contributed by atoms with Crippen molar-refractivity contribution in [3.05, 3.63) is 0 Å². The second kappa shape index (κ2) is 4.86. The molecule has 0 aliphatic rings.